The van der Waals surface area contributed by atoms with Gasteiger partial charge in [-0.05, 0) is 36.8 Å². The molecule has 1 fully saturated rings. The average molecular weight is 481 g/mol. The molecular weight excluding hydrogens is 455 g/mol. The molecule has 1 saturated heterocycles. The number of benzene rings is 3. The highest BCUT2D eigenvalue weighted by Crippen LogP contribution is 2.30. The second kappa shape index (κ2) is 9.03. The Morgan fingerprint density at radius 1 is 0.944 bits per heavy atom. The highest BCUT2D eigenvalue weighted by molar-refractivity contribution is 5.93. The molecule has 0 unspecified atom stereocenters. The zero-order chi connectivity index (χ0) is 24.6. The van der Waals surface area contributed by atoms with Crippen LogP contribution < -0.4 is 4.90 Å². The van der Waals surface area contributed by atoms with E-state index in [1.165, 1.54) is 6.07 Å². The summed E-state index contributed by atoms with van der Waals surface area (Å²) in [6.45, 7) is 3.81. The third-order valence-corrected chi connectivity index (χ3v) is 6.77. The summed E-state index contributed by atoms with van der Waals surface area (Å²) in [7, 11) is 0. The number of amides is 1. The Labute approximate surface area is 207 Å². The van der Waals surface area contributed by atoms with Crippen molar-refractivity contribution in [3.8, 4) is 11.4 Å². The fraction of sp³-hybridized carbons (Fsp3) is 0.214. The standard InChI is InChI=1S/C28H25FN6O/c1-19-18-33(15-16-34(19)25(36)17-20-9-3-2-4-10-20)28-30-24-14-8-6-12-22(24)27-32-31-26(35(27)28)21-11-5-7-13-23(21)29/h2-14,19H,15-18H2,1H3/t19-/m1/s1. The molecule has 0 N–H and O–H groups in total. The van der Waals surface area contributed by atoms with Gasteiger partial charge in [0.15, 0.2) is 11.5 Å². The van der Waals surface area contributed by atoms with E-state index in [1.807, 2.05) is 63.9 Å². The highest BCUT2D eigenvalue weighted by Gasteiger charge is 2.30. The SMILES string of the molecule is C[C@@H]1CN(c2nc3ccccc3c3nnc(-c4ccccc4F)n23)CCN1C(=O)Cc1ccccc1. The van der Waals surface area contributed by atoms with Crippen LogP contribution in [-0.2, 0) is 11.2 Å². The normalized spacial score (nSPS) is 16.1. The largest absolute Gasteiger partial charge is 0.338 e. The van der Waals surface area contributed by atoms with Gasteiger partial charge in [0, 0.05) is 31.1 Å². The number of halogens is 1. The van der Waals surface area contributed by atoms with Crippen LogP contribution in [0.3, 0.4) is 0 Å². The van der Waals surface area contributed by atoms with Crippen LogP contribution in [0.1, 0.15) is 12.5 Å². The van der Waals surface area contributed by atoms with E-state index in [0.29, 0.717) is 49.0 Å². The van der Waals surface area contributed by atoms with Crippen LogP contribution in [0.25, 0.3) is 27.9 Å². The molecule has 0 aliphatic carbocycles. The number of nitrogens with zero attached hydrogens (tertiary/aromatic N) is 6. The first-order chi connectivity index (χ1) is 17.6. The molecular formula is C28H25FN6O. The van der Waals surface area contributed by atoms with Crippen molar-refractivity contribution in [3.63, 3.8) is 0 Å². The van der Waals surface area contributed by atoms with Gasteiger partial charge in [-0.1, -0.05) is 54.6 Å². The van der Waals surface area contributed by atoms with Crippen molar-refractivity contribution in [2.45, 2.75) is 19.4 Å². The first-order valence-electron chi connectivity index (χ1n) is 12.1. The maximum Gasteiger partial charge on any atom is 0.227 e. The van der Waals surface area contributed by atoms with E-state index in [1.54, 1.807) is 18.2 Å². The van der Waals surface area contributed by atoms with Gasteiger partial charge in [0.1, 0.15) is 5.82 Å². The van der Waals surface area contributed by atoms with E-state index in [9.17, 15) is 9.18 Å². The van der Waals surface area contributed by atoms with Crippen molar-refractivity contribution in [2.24, 2.45) is 0 Å². The molecule has 1 aliphatic rings. The quantitative estimate of drug-likeness (QED) is 0.382. The zero-order valence-electron chi connectivity index (χ0n) is 19.9. The topological polar surface area (TPSA) is 66.6 Å². The molecule has 2 aromatic heterocycles. The fourth-order valence-electron chi connectivity index (χ4n) is 4.98. The van der Waals surface area contributed by atoms with Gasteiger partial charge in [-0.3, -0.25) is 4.79 Å². The van der Waals surface area contributed by atoms with E-state index in [-0.39, 0.29) is 17.8 Å². The third kappa shape index (κ3) is 3.84. The number of rotatable bonds is 4. The summed E-state index contributed by atoms with van der Waals surface area (Å²) in [6, 6.07) is 24.1. The van der Waals surface area contributed by atoms with Crippen molar-refractivity contribution >= 4 is 28.4 Å². The van der Waals surface area contributed by atoms with Crippen LogP contribution in [0.15, 0.2) is 78.9 Å². The van der Waals surface area contributed by atoms with Gasteiger partial charge in [-0.25, -0.2) is 13.8 Å². The summed E-state index contributed by atoms with van der Waals surface area (Å²) < 4.78 is 16.6. The Balaban J connectivity index is 1.38. The molecule has 0 bridgehead atoms. The Bertz CT molecular complexity index is 1570. The van der Waals surface area contributed by atoms with E-state index in [0.717, 1.165) is 16.5 Å². The Kier molecular flexibility index (Phi) is 5.56. The molecule has 0 saturated carbocycles. The van der Waals surface area contributed by atoms with Crippen molar-refractivity contribution < 1.29 is 9.18 Å². The maximum absolute atomic E-state index is 14.8. The summed E-state index contributed by atoms with van der Waals surface area (Å²) >= 11 is 0. The lowest BCUT2D eigenvalue weighted by Crippen LogP contribution is -2.55. The molecule has 0 radical (unpaired) electrons. The zero-order valence-corrected chi connectivity index (χ0v) is 19.9. The number of hydrogen-bond acceptors (Lipinski definition) is 5. The number of carbonyl (C=O) groups excluding carboxylic acids is 1. The van der Waals surface area contributed by atoms with Gasteiger partial charge in [-0.2, -0.15) is 0 Å². The predicted molar refractivity (Wildman–Crippen MR) is 137 cm³/mol. The molecule has 1 atom stereocenters. The van der Waals surface area contributed by atoms with E-state index in [2.05, 4.69) is 22.0 Å². The van der Waals surface area contributed by atoms with Gasteiger partial charge in [0.2, 0.25) is 11.9 Å². The molecule has 3 heterocycles. The molecule has 36 heavy (non-hydrogen) atoms. The van der Waals surface area contributed by atoms with Crippen LogP contribution in [0.2, 0.25) is 0 Å². The van der Waals surface area contributed by atoms with Crippen molar-refractivity contribution in [1.82, 2.24) is 24.5 Å². The number of fused-ring (bicyclic) bond motifs is 3. The minimum atomic E-state index is -0.365. The number of aromatic nitrogens is 4. The number of para-hydroxylation sites is 1. The third-order valence-electron chi connectivity index (χ3n) is 6.77. The highest BCUT2D eigenvalue weighted by atomic mass is 19.1. The van der Waals surface area contributed by atoms with Crippen LogP contribution >= 0.6 is 0 Å². The van der Waals surface area contributed by atoms with Crippen molar-refractivity contribution in [2.75, 3.05) is 24.5 Å². The molecule has 3 aromatic carbocycles. The van der Waals surface area contributed by atoms with Gasteiger partial charge >= 0.3 is 0 Å². The smallest absolute Gasteiger partial charge is 0.227 e. The van der Waals surface area contributed by atoms with Gasteiger partial charge in [0.05, 0.1) is 17.5 Å². The summed E-state index contributed by atoms with van der Waals surface area (Å²) in [5.74, 6) is 0.803. The average Bonchev–Trinajstić information content (AvgIpc) is 3.34. The number of carbonyl (C=O) groups is 1. The number of piperazine rings is 1. The molecule has 1 amide bonds. The first-order valence-corrected chi connectivity index (χ1v) is 12.1. The number of anilines is 1. The second-order valence-corrected chi connectivity index (χ2v) is 9.14. The lowest BCUT2D eigenvalue weighted by Gasteiger charge is -2.40. The number of hydrogen-bond donors (Lipinski definition) is 0. The summed E-state index contributed by atoms with van der Waals surface area (Å²) in [4.78, 5) is 22.1. The second-order valence-electron chi connectivity index (χ2n) is 9.14. The molecule has 5 aromatic rings. The lowest BCUT2D eigenvalue weighted by atomic mass is 10.1. The Morgan fingerprint density at radius 3 is 2.50 bits per heavy atom. The first kappa shape index (κ1) is 22.2. The molecule has 0 spiro atoms. The fourth-order valence-corrected chi connectivity index (χ4v) is 4.98. The van der Waals surface area contributed by atoms with E-state index >= 15 is 0 Å². The molecule has 1 aliphatic heterocycles. The molecule has 8 heteroatoms. The minimum absolute atomic E-state index is 0.0216. The molecule has 6 rings (SSSR count). The van der Waals surface area contributed by atoms with Crippen molar-refractivity contribution in [3.05, 3.63) is 90.2 Å². The monoisotopic (exact) mass is 480 g/mol. The molecule has 180 valence electrons. The minimum Gasteiger partial charge on any atom is -0.338 e. The Morgan fingerprint density at radius 2 is 1.69 bits per heavy atom. The maximum atomic E-state index is 14.8. The Hall–Kier alpha value is -4.33. The van der Waals surface area contributed by atoms with Crippen LogP contribution in [0, 0.1) is 5.82 Å². The van der Waals surface area contributed by atoms with E-state index in [4.69, 9.17) is 4.98 Å². The van der Waals surface area contributed by atoms with Gasteiger partial charge in [-0.15, -0.1) is 10.2 Å². The predicted octanol–water partition coefficient (Wildman–Crippen LogP) is 4.36. The van der Waals surface area contributed by atoms with Crippen LogP contribution in [0.5, 0.6) is 0 Å². The van der Waals surface area contributed by atoms with Crippen LogP contribution in [0.4, 0.5) is 10.3 Å². The van der Waals surface area contributed by atoms with Crippen molar-refractivity contribution in [1.29, 1.82) is 0 Å². The molecule has 7 nitrogen and oxygen atoms in total. The summed E-state index contributed by atoms with van der Waals surface area (Å²) in [5.41, 5.74) is 2.80. The van der Waals surface area contributed by atoms with Crippen LogP contribution in [-0.4, -0.2) is 56.1 Å². The van der Waals surface area contributed by atoms with Gasteiger partial charge < -0.3 is 9.80 Å². The lowest BCUT2D eigenvalue weighted by molar-refractivity contribution is -0.132. The summed E-state index contributed by atoms with van der Waals surface area (Å²) in [6.07, 6.45) is 0.381. The van der Waals surface area contributed by atoms with Gasteiger partial charge in [0.25, 0.3) is 0 Å². The summed E-state index contributed by atoms with van der Waals surface area (Å²) in [5, 5.41) is 9.67. The van der Waals surface area contributed by atoms with E-state index < -0.39 is 0 Å².